The van der Waals surface area contributed by atoms with E-state index in [1.165, 1.54) is 41.1 Å². The van der Waals surface area contributed by atoms with Gasteiger partial charge in [0.1, 0.15) is 0 Å². The van der Waals surface area contributed by atoms with Crippen molar-refractivity contribution >= 4 is 27.7 Å². The Morgan fingerprint density at radius 1 is 1.44 bits per heavy atom. The molecule has 3 nitrogen and oxygen atoms in total. The van der Waals surface area contributed by atoms with Crippen molar-refractivity contribution in [2.75, 3.05) is 18.8 Å². The fourth-order valence-corrected chi connectivity index (χ4v) is 4.36. The van der Waals surface area contributed by atoms with Crippen LogP contribution in [0.4, 0.5) is 0 Å². The molecule has 5 heteroatoms. The first-order valence-electron chi connectivity index (χ1n) is 6.69. The molecule has 1 aromatic heterocycles. The minimum absolute atomic E-state index is 0.802. The lowest BCUT2D eigenvalue weighted by molar-refractivity contribution is 0.265. The van der Waals surface area contributed by atoms with Gasteiger partial charge in [0, 0.05) is 37.7 Å². The van der Waals surface area contributed by atoms with E-state index >= 15 is 0 Å². The fraction of sp³-hybridized carbons (Fsp3) is 0.769. The molecule has 0 bridgehead atoms. The maximum Gasteiger partial charge on any atom is 0.0767 e. The van der Waals surface area contributed by atoms with Crippen molar-refractivity contribution in [2.45, 2.75) is 38.5 Å². The first kappa shape index (κ1) is 14.4. The predicted molar refractivity (Wildman–Crippen MR) is 82.1 cm³/mol. The first-order chi connectivity index (χ1) is 8.65. The van der Waals surface area contributed by atoms with Crippen molar-refractivity contribution in [1.82, 2.24) is 14.7 Å². The maximum absolute atomic E-state index is 4.57. The summed E-state index contributed by atoms with van der Waals surface area (Å²) in [7, 11) is 2.05. The molecule has 0 radical (unpaired) electrons. The van der Waals surface area contributed by atoms with Gasteiger partial charge in [-0.15, -0.1) is 0 Å². The molecular formula is C13H22BrN3S. The second-order valence-electron chi connectivity index (χ2n) is 4.82. The van der Waals surface area contributed by atoms with Crippen molar-refractivity contribution < 1.29 is 0 Å². The molecule has 0 saturated carbocycles. The number of halogens is 1. The Bertz CT molecular complexity index is 405. The minimum atomic E-state index is 0.802. The molecule has 2 rings (SSSR count). The van der Waals surface area contributed by atoms with E-state index in [1.807, 2.05) is 4.68 Å². The maximum atomic E-state index is 4.57. The zero-order chi connectivity index (χ0) is 13.1. The van der Waals surface area contributed by atoms with E-state index in [2.05, 4.69) is 58.6 Å². The highest BCUT2D eigenvalue weighted by Crippen LogP contribution is 2.26. The van der Waals surface area contributed by atoms with Crippen LogP contribution in [0.2, 0.25) is 0 Å². The van der Waals surface area contributed by atoms with Crippen molar-refractivity contribution in [3.05, 3.63) is 15.9 Å². The summed E-state index contributed by atoms with van der Waals surface area (Å²) < 4.78 is 3.24. The van der Waals surface area contributed by atoms with Crippen molar-refractivity contribution in [3.8, 4) is 0 Å². The number of rotatable bonds is 4. The topological polar surface area (TPSA) is 21.1 Å². The van der Waals surface area contributed by atoms with Gasteiger partial charge in [-0.2, -0.15) is 16.9 Å². The lowest BCUT2D eigenvalue weighted by Gasteiger charge is -2.31. The average Bonchev–Trinajstić information content (AvgIpc) is 2.66. The second kappa shape index (κ2) is 6.44. The van der Waals surface area contributed by atoms with Crippen molar-refractivity contribution in [2.24, 2.45) is 7.05 Å². The van der Waals surface area contributed by atoms with Gasteiger partial charge in [-0.25, -0.2) is 0 Å². The van der Waals surface area contributed by atoms with Crippen molar-refractivity contribution in [3.63, 3.8) is 0 Å². The van der Waals surface area contributed by atoms with Crippen LogP contribution in [0.15, 0.2) is 4.47 Å². The summed E-state index contributed by atoms with van der Waals surface area (Å²) in [6, 6.07) is 0. The number of thioether (sulfide) groups is 1. The third-order valence-corrected chi connectivity index (χ3v) is 5.84. The van der Waals surface area contributed by atoms with E-state index in [4.69, 9.17) is 0 Å². The van der Waals surface area contributed by atoms with Crippen LogP contribution in [-0.4, -0.2) is 38.8 Å². The van der Waals surface area contributed by atoms with Gasteiger partial charge in [-0.05, 0) is 28.8 Å². The van der Waals surface area contributed by atoms with E-state index in [9.17, 15) is 0 Å². The molecule has 1 aliphatic rings. The van der Waals surface area contributed by atoms with E-state index in [0.717, 1.165) is 18.2 Å². The predicted octanol–water partition coefficient (Wildman–Crippen LogP) is 3.07. The Kier molecular flexibility index (Phi) is 5.15. The fourth-order valence-electron chi connectivity index (χ4n) is 2.37. The van der Waals surface area contributed by atoms with E-state index in [1.54, 1.807) is 0 Å². The number of aryl methyl sites for hydroxylation is 2. The van der Waals surface area contributed by atoms with Crippen LogP contribution in [-0.2, 0) is 20.0 Å². The Labute approximate surface area is 122 Å². The molecule has 18 heavy (non-hydrogen) atoms. The highest BCUT2D eigenvalue weighted by atomic mass is 79.9. The minimum Gasteiger partial charge on any atom is -0.296 e. The van der Waals surface area contributed by atoms with Crippen LogP contribution in [0.25, 0.3) is 0 Å². The van der Waals surface area contributed by atoms with Gasteiger partial charge < -0.3 is 0 Å². The van der Waals surface area contributed by atoms with Crippen LogP contribution in [0.5, 0.6) is 0 Å². The van der Waals surface area contributed by atoms with Crippen LogP contribution < -0.4 is 0 Å². The van der Waals surface area contributed by atoms with E-state index < -0.39 is 0 Å². The molecule has 1 atom stereocenters. The summed E-state index contributed by atoms with van der Waals surface area (Å²) in [5, 5.41) is 5.37. The SMILES string of the molecule is CCc1nn(C)c(CN2CCSC(CC)C2)c1Br. The Morgan fingerprint density at radius 3 is 2.83 bits per heavy atom. The Morgan fingerprint density at radius 2 is 2.22 bits per heavy atom. The van der Waals surface area contributed by atoms with Crippen LogP contribution in [0.3, 0.4) is 0 Å². The van der Waals surface area contributed by atoms with Crippen LogP contribution >= 0.6 is 27.7 Å². The Balaban J connectivity index is 2.07. The largest absolute Gasteiger partial charge is 0.296 e. The number of hydrogen-bond acceptors (Lipinski definition) is 3. The van der Waals surface area contributed by atoms with Crippen LogP contribution in [0.1, 0.15) is 31.7 Å². The normalized spacial score (nSPS) is 21.4. The van der Waals surface area contributed by atoms with Crippen LogP contribution in [0, 0.1) is 0 Å². The number of nitrogens with zero attached hydrogens (tertiary/aromatic N) is 3. The summed E-state index contributed by atoms with van der Waals surface area (Å²) in [6.07, 6.45) is 2.26. The van der Waals surface area contributed by atoms with Gasteiger partial charge >= 0.3 is 0 Å². The number of aromatic nitrogens is 2. The van der Waals surface area contributed by atoms with Gasteiger partial charge in [-0.3, -0.25) is 9.58 Å². The second-order valence-corrected chi connectivity index (χ2v) is 7.02. The summed E-state index contributed by atoms with van der Waals surface area (Å²) in [5.41, 5.74) is 2.49. The van der Waals surface area contributed by atoms with E-state index in [0.29, 0.717) is 0 Å². The summed E-state index contributed by atoms with van der Waals surface area (Å²) in [4.78, 5) is 2.56. The van der Waals surface area contributed by atoms with Crippen molar-refractivity contribution in [1.29, 1.82) is 0 Å². The smallest absolute Gasteiger partial charge is 0.0767 e. The first-order valence-corrected chi connectivity index (χ1v) is 8.54. The standard InChI is InChI=1S/C13H22BrN3S/c1-4-10-8-17(6-7-18-10)9-12-13(14)11(5-2)15-16(12)3/h10H,4-9H2,1-3H3. The van der Waals surface area contributed by atoms with Gasteiger partial charge in [0.05, 0.1) is 15.9 Å². The van der Waals surface area contributed by atoms with Gasteiger partial charge in [0.2, 0.25) is 0 Å². The lowest BCUT2D eigenvalue weighted by Crippen LogP contribution is -2.37. The zero-order valence-electron chi connectivity index (χ0n) is 11.4. The van der Waals surface area contributed by atoms with Gasteiger partial charge in [0.15, 0.2) is 0 Å². The molecule has 0 N–H and O–H groups in total. The molecule has 0 aliphatic carbocycles. The molecule has 0 spiro atoms. The lowest BCUT2D eigenvalue weighted by atomic mass is 10.2. The summed E-state index contributed by atoms with van der Waals surface area (Å²) >= 11 is 5.83. The molecule has 1 aliphatic heterocycles. The Hall–Kier alpha value is -0.000000000000000111. The monoisotopic (exact) mass is 331 g/mol. The van der Waals surface area contributed by atoms with E-state index in [-0.39, 0.29) is 0 Å². The van der Waals surface area contributed by atoms with Gasteiger partial charge in [-0.1, -0.05) is 13.8 Å². The molecule has 102 valence electrons. The third-order valence-electron chi connectivity index (χ3n) is 3.55. The number of hydrogen-bond donors (Lipinski definition) is 0. The quantitative estimate of drug-likeness (QED) is 0.846. The molecule has 1 fully saturated rings. The molecule has 2 heterocycles. The molecule has 1 unspecified atom stereocenters. The highest BCUT2D eigenvalue weighted by molar-refractivity contribution is 9.10. The molecule has 1 saturated heterocycles. The molecule has 0 amide bonds. The highest BCUT2D eigenvalue weighted by Gasteiger charge is 2.21. The summed E-state index contributed by atoms with van der Waals surface area (Å²) in [5.74, 6) is 1.26. The molecular weight excluding hydrogens is 310 g/mol. The zero-order valence-corrected chi connectivity index (χ0v) is 13.9. The van der Waals surface area contributed by atoms with Gasteiger partial charge in [0.25, 0.3) is 0 Å². The average molecular weight is 332 g/mol. The molecule has 1 aromatic rings. The molecule has 0 aromatic carbocycles. The third kappa shape index (κ3) is 3.11. The summed E-state index contributed by atoms with van der Waals surface area (Å²) in [6.45, 7) is 7.86.